The number of para-hydroxylation sites is 1. The van der Waals surface area contributed by atoms with Crippen molar-refractivity contribution in [3.8, 4) is 5.69 Å². The van der Waals surface area contributed by atoms with Gasteiger partial charge >= 0.3 is 11.6 Å². The molecule has 4 aromatic rings. The largest absolute Gasteiger partial charge is 0.457 e. The van der Waals surface area contributed by atoms with Gasteiger partial charge in [-0.3, -0.25) is 0 Å². The highest BCUT2D eigenvalue weighted by Gasteiger charge is 2.17. The number of hydrogen-bond donors (Lipinski definition) is 0. The van der Waals surface area contributed by atoms with E-state index >= 15 is 0 Å². The van der Waals surface area contributed by atoms with Gasteiger partial charge in [-0.15, -0.1) is 0 Å². The first-order valence-corrected chi connectivity index (χ1v) is 9.31. The third-order valence-electron chi connectivity index (χ3n) is 4.38. The quantitative estimate of drug-likeness (QED) is 0.348. The molecule has 28 heavy (non-hydrogen) atoms. The van der Waals surface area contributed by atoms with E-state index in [1.54, 1.807) is 17.7 Å². The van der Waals surface area contributed by atoms with Crippen LogP contribution in [0.15, 0.2) is 74.5 Å². The van der Waals surface area contributed by atoms with E-state index in [0.717, 1.165) is 10.2 Å². The summed E-state index contributed by atoms with van der Waals surface area (Å²) >= 11 is 3.35. The third kappa shape index (κ3) is 3.48. The van der Waals surface area contributed by atoms with Crippen LogP contribution in [0.3, 0.4) is 0 Å². The predicted molar refractivity (Wildman–Crippen MR) is 108 cm³/mol. The van der Waals surface area contributed by atoms with Crippen molar-refractivity contribution in [3.05, 3.63) is 92.5 Å². The van der Waals surface area contributed by atoms with Crippen LogP contribution in [-0.4, -0.2) is 15.7 Å². The summed E-state index contributed by atoms with van der Waals surface area (Å²) in [5.74, 6) is -0.502. The fourth-order valence-electron chi connectivity index (χ4n) is 2.98. The molecule has 0 aliphatic rings. The minimum absolute atomic E-state index is 0.0431. The zero-order chi connectivity index (χ0) is 19.7. The lowest BCUT2D eigenvalue weighted by Crippen LogP contribution is -2.09. The molecule has 2 aromatic heterocycles. The zero-order valence-electron chi connectivity index (χ0n) is 14.9. The summed E-state index contributed by atoms with van der Waals surface area (Å²) in [5.41, 5.74) is 2.43. The molecule has 0 saturated heterocycles. The summed E-state index contributed by atoms with van der Waals surface area (Å²) in [6, 6.07) is 16.2. The van der Waals surface area contributed by atoms with Crippen molar-refractivity contribution in [2.45, 2.75) is 13.5 Å². The predicted octanol–water partition coefficient (Wildman–Crippen LogP) is 4.41. The fourth-order valence-corrected chi connectivity index (χ4v) is 3.32. The Hall–Kier alpha value is -3.19. The average molecular weight is 439 g/mol. The maximum atomic E-state index is 12.6. The Bertz CT molecular complexity index is 1230. The summed E-state index contributed by atoms with van der Waals surface area (Å²) in [6.45, 7) is 1.76. The molecule has 0 spiro atoms. The van der Waals surface area contributed by atoms with Gasteiger partial charge in [-0.25, -0.2) is 14.3 Å². The lowest BCUT2D eigenvalue weighted by Gasteiger charge is -2.08. The van der Waals surface area contributed by atoms with E-state index in [1.807, 2.05) is 42.5 Å². The molecule has 0 bridgehead atoms. The van der Waals surface area contributed by atoms with Crippen LogP contribution < -0.4 is 5.63 Å². The summed E-state index contributed by atoms with van der Waals surface area (Å²) in [7, 11) is 0. The number of carbonyl (C=O) groups excluding carboxylic acids is 1. The van der Waals surface area contributed by atoms with E-state index in [9.17, 15) is 9.59 Å². The van der Waals surface area contributed by atoms with Crippen molar-refractivity contribution >= 4 is 32.9 Å². The van der Waals surface area contributed by atoms with Crippen LogP contribution in [0.5, 0.6) is 0 Å². The minimum atomic E-state index is -0.502. The van der Waals surface area contributed by atoms with Gasteiger partial charge in [0.15, 0.2) is 0 Å². The average Bonchev–Trinajstić information content (AvgIpc) is 3.07. The van der Waals surface area contributed by atoms with Crippen LogP contribution in [0.1, 0.15) is 21.6 Å². The van der Waals surface area contributed by atoms with Crippen LogP contribution in [-0.2, 0) is 11.3 Å². The molecule has 0 amide bonds. The van der Waals surface area contributed by atoms with Crippen LogP contribution in [0, 0.1) is 6.92 Å². The highest BCUT2D eigenvalue weighted by molar-refractivity contribution is 9.10. The Labute approximate surface area is 168 Å². The van der Waals surface area contributed by atoms with Gasteiger partial charge in [0.25, 0.3) is 0 Å². The smallest absolute Gasteiger partial charge is 0.341 e. The Balaban J connectivity index is 1.58. The van der Waals surface area contributed by atoms with E-state index in [0.29, 0.717) is 27.8 Å². The molecule has 0 saturated carbocycles. The monoisotopic (exact) mass is 438 g/mol. The standard InChI is InChI=1S/C21H15BrN2O4/c1-13-18(11-23-24(13)16-5-3-2-4-6-16)21(26)27-12-14-9-20(25)28-19-10-15(22)7-8-17(14)19/h2-11H,12H2,1H3. The lowest BCUT2D eigenvalue weighted by molar-refractivity contribution is 0.0473. The Morgan fingerprint density at radius 2 is 1.96 bits per heavy atom. The van der Waals surface area contributed by atoms with Gasteiger partial charge in [0, 0.05) is 21.5 Å². The third-order valence-corrected chi connectivity index (χ3v) is 4.87. The number of fused-ring (bicyclic) bond motifs is 1. The molecule has 0 fully saturated rings. The molecule has 0 unspecified atom stereocenters. The molecule has 4 rings (SSSR count). The van der Waals surface area contributed by atoms with Crippen molar-refractivity contribution < 1.29 is 13.9 Å². The van der Waals surface area contributed by atoms with Crippen molar-refractivity contribution in [1.82, 2.24) is 9.78 Å². The molecule has 7 heteroatoms. The normalized spacial score (nSPS) is 10.9. The van der Waals surface area contributed by atoms with E-state index in [1.165, 1.54) is 12.3 Å². The second-order valence-electron chi connectivity index (χ2n) is 6.20. The van der Waals surface area contributed by atoms with Crippen molar-refractivity contribution in [2.75, 3.05) is 0 Å². The maximum absolute atomic E-state index is 12.6. The van der Waals surface area contributed by atoms with E-state index in [2.05, 4.69) is 21.0 Å². The Morgan fingerprint density at radius 1 is 1.18 bits per heavy atom. The van der Waals surface area contributed by atoms with Gasteiger partial charge in [-0.1, -0.05) is 34.1 Å². The van der Waals surface area contributed by atoms with Crippen LogP contribution in [0.4, 0.5) is 0 Å². The second kappa shape index (κ2) is 7.44. The molecule has 6 nitrogen and oxygen atoms in total. The van der Waals surface area contributed by atoms with Crippen LogP contribution >= 0.6 is 15.9 Å². The molecule has 2 aromatic carbocycles. The number of carbonyl (C=O) groups is 1. The van der Waals surface area contributed by atoms with Crippen LogP contribution in [0.2, 0.25) is 0 Å². The van der Waals surface area contributed by atoms with Crippen molar-refractivity contribution in [1.29, 1.82) is 0 Å². The molecule has 0 atom stereocenters. The van der Waals surface area contributed by atoms with Gasteiger partial charge in [0.2, 0.25) is 0 Å². The molecule has 0 radical (unpaired) electrons. The number of halogens is 1. The maximum Gasteiger partial charge on any atom is 0.341 e. The molecular weight excluding hydrogens is 424 g/mol. The number of rotatable bonds is 4. The SMILES string of the molecule is Cc1c(C(=O)OCc2cc(=O)oc3cc(Br)ccc23)cnn1-c1ccccc1. The van der Waals surface area contributed by atoms with Crippen molar-refractivity contribution in [2.24, 2.45) is 0 Å². The number of aromatic nitrogens is 2. The fraction of sp³-hybridized carbons (Fsp3) is 0.0952. The zero-order valence-corrected chi connectivity index (χ0v) is 16.5. The Morgan fingerprint density at radius 3 is 2.75 bits per heavy atom. The highest BCUT2D eigenvalue weighted by atomic mass is 79.9. The summed E-state index contributed by atoms with van der Waals surface area (Å²) in [6.07, 6.45) is 1.49. The first-order valence-electron chi connectivity index (χ1n) is 8.52. The first-order chi connectivity index (χ1) is 13.5. The first kappa shape index (κ1) is 18.2. The molecular formula is C21H15BrN2O4. The van der Waals surface area contributed by atoms with Crippen molar-refractivity contribution in [3.63, 3.8) is 0 Å². The number of hydrogen-bond acceptors (Lipinski definition) is 5. The Kier molecular flexibility index (Phi) is 4.83. The van der Waals surface area contributed by atoms with Gasteiger partial charge < -0.3 is 9.15 Å². The lowest BCUT2D eigenvalue weighted by atomic mass is 10.1. The second-order valence-corrected chi connectivity index (χ2v) is 7.11. The van der Waals surface area contributed by atoms with Gasteiger partial charge in [-0.05, 0) is 37.3 Å². The van der Waals surface area contributed by atoms with Gasteiger partial charge in [-0.2, -0.15) is 5.10 Å². The number of benzene rings is 2. The van der Waals surface area contributed by atoms with Gasteiger partial charge in [0.05, 0.1) is 17.6 Å². The summed E-state index contributed by atoms with van der Waals surface area (Å²) < 4.78 is 13.1. The number of esters is 1. The molecule has 0 aliphatic carbocycles. The number of nitrogens with zero attached hydrogens (tertiary/aromatic N) is 2. The van der Waals surface area contributed by atoms with E-state index < -0.39 is 11.6 Å². The number of ether oxygens (including phenoxy) is 1. The van der Waals surface area contributed by atoms with E-state index in [-0.39, 0.29) is 6.61 Å². The van der Waals surface area contributed by atoms with Gasteiger partial charge in [0.1, 0.15) is 17.8 Å². The van der Waals surface area contributed by atoms with Crippen LogP contribution in [0.25, 0.3) is 16.7 Å². The summed E-state index contributed by atoms with van der Waals surface area (Å²) in [5, 5.41) is 5.00. The highest BCUT2D eigenvalue weighted by Crippen LogP contribution is 2.23. The molecule has 140 valence electrons. The summed E-state index contributed by atoms with van der Waals surface area (Å²) in [4.78, 5) is 24.4. The molecule has 0 N–H and O–H groups in total. The minimum Gasteiger partial charge on any atom is -0.457 e. The molecule has 0 aliphatic heterocycles. The topological polar surface area (TPSA) is 74.3 Å². The molecule has 2 heterocycles. The van der Waals surface area contributed by atoms with E-state index in [4.69, 9.17) is 9.15 Å².